The number of rotatable bonds is 5. The Labute approximate surface area is 118 Å². The van der Waals surface area contributed by atoms with Crippen molar-refractivity contribution >= 4 is 34.6 Å². The fourth-order valence-corrected chi connectivity index (χ4v) is 2.53. The number of carboxylic acids is 1. The van der Waals surface area contributed by atoms with Gasteiger partial charge in [0, 0.05) is 11.1 Å². The standard InChI is InChI=1S/C12H11ClN2O3S/c1-18-9-4-2-3-8(10(9)11(16)17)14-5-7-6-15-12(13)19-7/h2-4,6,14H,5H2,1H3,(H,16,17). The lowest BCUT2D eigenvalue weighted by atomic mass is 10.1. The molecule has 0 aliphatic rings. The zero-order chi connectivity index (χ0) is 13.8. The van der Waals surface area contributed by atoms with E-state index >= 15 is 0 Å². The van der Waals surface area contributed by atoms with Gasteiger partial charge in [-0.15, -0.1) is 11.3 Å². The van der Waals surface area contributed by atoms with Gasteiger partial charge in [-0.1, -0.05) is 17.7 Å². The number of thiazole rings is 1. The van der Waals surface area contributed by atoms with E-state index < -0.39 is 5.97 Å². The van der Waals surface area contributed by atoms with E-state index in [1.165, 1.54) is 18.4 Å². The van der Waals surface area contributed by atoms with Gasteiger partial charge >= 0.3 is 5.97 Å². The summed E-state index contributed by atoms with van der Waals surface area (Å²) in [6.07, 6.45) is 1.65. The lowest BCUT2D eigenvalue weighted by Crippen LogP contribution is -2.07. The topological polar surface area (TPSA) is 71.5 Å². The SMILES string of the molecule is COc1cccc(NCc2cnc(Cl)s2)c1C(=O)O. The molecular weight excluding hydrogens is 288 g/mol. The fourth-order valence-electron chi connectivity index (χ4n) is 1.62. The summed E-state index contributed by atoms with van der Waals surface area (Å²) in [7, 11) is 1.44. The highest BCUT2D eigenvalue weighted by atomic mass is 35.5. The summed E-state index contributed by atoms with van der Waals surface area (Å²) in [6, 6.07) is 5.03. The average Bonchev–Trinajstić information content (AvgIpc) is 2.81. The van der Waals surface area contributed by atoms with Crippen LogP contribution >= 0.6 is 22.9 Å². The number of carboxylic acid groups (broad SMARTS) is 1. The number of hydrogen-bond acceptors (Lipinski definition) is 5. The molecule has 0 atom stereocenters. The third-order valence-electron chi connectivity index (χ3n) is 2.44. The fraction of sp³-hybridized carbons (Fsp3) is 0.167. The molecule has 2 aromatic rings. The van der Waals surface area contributed by atoms with Crippen molar-refractivity contribution in [3.8, 4) is 5.75 Å². The van der Waals surface area contributed by atoms with E-state index in [-0.39, 0.29) is 5.56 Å². The molecule has 0 spiro atoms. The number of benzene rings is 1. The van der Waals surface area contributed by atoms with E-state index in [1.807, 2.05) is 0 Å². The summed E-state index contributed by atoms with van der Waals surface area (Å²) in [6.45, 7) is 0.456. The van der Waals surface area contributed by atoms with Gasteiger partial charge in [-0.05, 0) is 12.1 Å². The monoisotopic (exact) mass is 298 g/mol. The number of halogens is 1. The van der Waals surface area contributed by atoms with E-state index in [4.69, 9.17) is 16.3 Å². The third kappa shape index (κ3) is 3.15. The first kappa shape index (κ1) is 13.6. The van der Waals surface area contributed by atoms with E-state index in [2.05, 4.69) is 10.3 Å². The van der Waals surface area contributed by atoms with Crippen molar-refractivity contribution in [1.82, 2.24) is 4.98 Å². The second-order valence-electron chi connectivity index (χ2n) is 3.62. The molecule has 5 nitrogen and oxygen atoms in total. The molecule has 0 saturated carbocycles. The first-order valence-electron chi connectivity index (χ1n) is 5.36. The Morgan fingerprint density at radius 1 is 1.58 bits per heavy atom. The molecule has 1 aromatic heterocycles. The van der Waals surface area contributed by atoms with Crippen LogP contribution in [-0.2, 0) is 6.54 Å². The van der Waals surface area contributed by atoms with Crippen molar-refractivity contribution in [2.75, 3.05) is 12.4 Å². The van der Waals surface area contributed by atoms with Crippen LogP contribution < -0.4 is 10.1 Å². The van der Waals surface area contributed by atoms with Gasteiger partial charge in [0.05, 0.1) is 19.3 Å². The largest absolute Gasteiger partial charge is 0.496 e. The van der Waals surface area contributed by atoms with E-state index in [9.17, 15) is 9.90 Å². The second-order valence-corrected chi connectivity index (χ2v) is 5.32. The van der Waals surface area contributed by atoms with Crippen LogP contribution in [0.15, 0.2) is 24.4 Å². The molecule has 2 rings (SSSR count). The first-order chi connectivity index (χ1) is 9.11. The Bertz CT molecular complexity index is 600. The summed E-state index contributed by atoms with van der Waals surface area (Å²) < 4.78 is 5.51. The van der Waals surface area contributed by atoms with Gasteiger partial charge in [-0.3, -0.25) is 0 Å². The second kappa shape index (κ2) is 5.90. The van der Waals surface area contributed by atoms with Gasteiger partial charge in [-0.2, -0.15) is 0 Å². The van der Waals surface area contributed by atoms with Gasteiger partial charge in [0.25, 0.3) is 0 Å². The number of hydrogen-bond donors (Lipinski definition) is 2. The molecule has 0 fully saturated rings. The smallest absolute Gasteiger partial charge is 0.341 e. The number of aromatic nitrogens is 1. The minimum absolute atomic E-state index is 0.112. The first-order valence-corrected chi connectivity index (χ1v) is 6.55. The zero-order valence-corrected chi connectivity index (χ0v) is 11.6. The number of aromatic carboxylic acids is 1. The van der Waals surface area contributed by atoms with Crippen LogP contribution in [0.2, 0.25) is 4.47 Å². The number of nitrogens with one attached hydrogen (secondary N) is 1. The number of ether oxygens (including phenoxy) is 1. The molecule has 1 heterocycles. The maximum Gasteiger partial charge on any atom is 0.341 e. The van der Waals surface area contributed by atoms with Gasteiger partial charge < -0.3 is 15.2 Å². The molecule has 0 radical (unpaired) electrons. The maximum atomic E-state index is 11.3. The van der Waals surface area contributed by atoms with Gasteiger partial charge in [-0.25, -0.2) is 9.78 Å². The van der Waals surface area contributed by atoms with Crippen LogP contribution in [0.25, 0.3) is 0 Å². The van der Waals surface area contributed by atoms with Crippen molar-refractivity contribution in [2.24, 2.45) is 0 Å². The van der Waals surface area contributed by atoms with Crippen molar-refractivity contribution in [3.05, 3.63) is 39.3 Å². The Balaban J connectivity index is 2.22. The summed E-state index contributed by atoms with van der Waals surface area (Å²) in [5, 5.41) is 12.3. The van der Waals surface area contributed by atoms with E-state index in [0.29, 0.717) is 22.4 Å². The lowest BCUT2D eigenvalue weighted by molar-refractivity contribution is 0.0694. The van der Waals surface area contributed by atoms with Crippen molar-refractivity contribution in [3.63, 3.8) is 0 Å². The summed E-state index contributed by atoms with van der Waals surface area (Å²) in [5.74, 6) is -0.720. The molecule has 2 N–H and O–H groups in total. The quantitative estimate of drug-likeness (QED) is 0.887. The van der Waals surface area contributed by atoms with Crippen LogP contribution in [0, 0.1) is 0 Å². The van der Waals surface area contributed by atoms with Gasteiger partial charge in [0.15, 0.2) is 4.47 Å². The Morgan fingerprint density at radius 3 is 2.95 bits per heavy atom. The average molecular weight is 299 g/mol. The minimum Gasteiger partial charge on any atom is -0.496 e. The van der Waals surface area contributed by atoms with Crippen molar-refractivity contribution in [1.29, 1.82) is 0 Å². The summed E-state index contributed by atoms with van der Waals surface area (Å²) in [5.41, 5.74) is 0.608. The number of carbonyl (C=O) groups is 1. The van der Waals surface area contributed by atoms with Gasteiger partial charge in [0.2, 0.25) is 0 Å². The third-order valence-corrected chi connectivity index (χ3v) is 3.55. The molecule has 0 unspecified atom stereocenters. The Kier molecular flexibility index (Phi) is 4.24. The van der Waals surface area contributed by atoms with Crippen LogP contribution in [0.5, 0.6) is 5.75 Å². The van der Waals surface area contributed by atoms with Crippen LogP contribution in [0.3, 0.4) is 0 Å². The molecule has 19 heavy (non-hydrogen) atoms. The molecule has 0 aliphatic heterocycles. The molecule has 0 bridgehead atoms. The lowest BCUT2D eigenvalue weighted by Gasteiger charge is -2.11. The number of anilines is 1. The maximum absolute atomic E-state index is 11.3. The van der Waals surface area contributed by atoms with Crippen LogP contribution in [0.1, 0.15) is 15.2 Å². The molecule has 100 valence electrons. The number of nitrogens with zero attached hydrogens (tertiary/aromatic N) is 1. The van der Waals surface area contributed by atoms with Gasteiger partial charge in [0.1, 0.15) is 11.3 Å². The molecule has 1 aromatic carbocycles. The zero-order valence-electron chi connectivity index (χ0n) is 10.0. The summed E-state index contributed by atoms with van der Waals surface area (Å²) in [4.78, 5) is 16.1. The molecular formula is C12H11ClN2O3S. The predicted octanol–water partition coefficient (Wildman–Crippen LogP) is 3.12. The molecule has 0 saturated heterocycles. The highest BCUT2D eigenvalue weighted by Gasteiger charge is 2.16. The minimum atomic E-state index is -1.04. The predicted molar refractivity (Wildman–Crippen MR) is 74.4 cm³/mol. The van der Waals surface area contributed by atoms with E-state index in [1.54, 1.807) is 24.4 Å². The van der Waals surface area contributed by atoms with Crippen molar-refractivity contribution < 1.29 is 14.6 Å². The van der Waals surface area contributed by atoms with E-state index in [0.717, 1.165) is 4.88 Å². The van der Waals surface area contributed by atoms with Crippen LogP contribution in [0.4, 0.5) is 5.69 Å². The molecule has 0 aliphatic carbocycles. The Hall–Kier alpha value is -1.79. The molecule has 7 heteroatoms. The number of methoxy groups -OCH3 is 1. The highest BCUT2D eigenvalue weighted by molar-refractivity contribution is 7.15. The normalized spacial score (nSPS) is 10.2. The highest BCUT2D eigenvalue weighted by Crippen LogP contribution is 2.27. The van der Waals surface area contributed by atoms with Crippen LogP contribution in [-0.4, -0.2) is 23.2 Å². The van der Waals surface area contributed by atoms with Crippen molar-refractivity contribution in [2.45, 2.75) is 6.54 Å². The summed E-state index contributed by atoms with van der Waals surface area (Å²) >= 11 is 7.08. The molecule has 0 amide bonds. The Morgan fingerprint density at radius 2 is 2.37 bits per heavy atom.